The van der Waals surface area contributed by atoms with E-state index >= 15 is 0 Å². The summed E-state index contributed by atoms with van der Waals surface area (Å²) in [5.41, 5.74) is 2.44. The number of piperidine rings is 1. The molecule has 37 heavy (non-hydrogen) atoms. The standard InChI is InChI=1S/C28H30FN3O4S/c29-24-12-10-22(11-13-24)20-37(35,36)32-18-15-23(16-19-32)27(33)31-26-9-5-4-8-25(26)28(34)30-17-14-21-6-2-1-3-7-21/h1-13,23H,14-20H2,(H,30,34)(H,31,33). The van der Waals surface area contributed by atoms with Gasteiger partial charge in [0.1, 0.15) is 5.82 Å². The molecular formula is C28H30FN3O4S. The molecule has 0 aliphatic carbocycles. The summed E-state index contributed by atoms with van der Waals surface area (Å²) in [5, 5.41) is 5.77. The molecule has 9 heteroatoms. The molecule has 0 bridgehead atoms. The zero-order valence-electron chi connectivity index (χ0n) is 20.4. The maximum absolute atomic E-state index is 13.1. The molecule has 1 saturated heterocycles. The van der Waals surface area contributed by atoms with Crippen LogP contribution in [-0.4, -0.2) is 44.2 Å². The molecule has 0 aromatic heterocycles. The van der Waals surface area contributed by atoms with Gasteiger partial charge in [-0.15, -0.1) is 0 Å². The Labute approximate surface area is 216 Å². The highest BCUT2D eigenvalue weighted by Gasteiger charge is 2.31. The van der Waals surface area contributed by atoms with E-state index in [2.05, 4.69) is 10.6 Å². The van der Waals surface area contributed by atoms with Gasteiger partial charge in [-0.1, -0.05) is 54.6 Å². The van der Waals surface area contributed by atoms with Gasteiger partial charge in [0.05, 0.1) is 17.0 Å². The SMILES string of the molecule is O=C(NCCc1ccccc1)c1ccccc1NC(=O)C1CCN(S(=O)(=O)Cc2ccc(F)cc2)CC1. The second-order valence-electron chi connectivity index (χ2n) is 9.08. The Kier molecular flexibility index (Phi) is 8.68. The molecule has 2 N–H and O–H groups in total. The number of sulfonamides is 1. The summed E-state index contributed by atoms with van der Waals surface area (Å²) in [7, 11) is -3.58. The van der Waals surface area contributed by atoms with Gasteiger partial charge in [0.15, 0.2) is 0 Å². The van der Waals surface area contributed by atoms with Crippen LogP contribution in [0.15, 0.2) is 78.9 Å². The van der Waals surface area contributed by atoms with Crippen LogP contribution in [0.1, 0.15) is 34.3 Å². The number of rotatable bonds is 9. The maximum atomic E-state index is 13.1. The molecule has 0 spiro atoms. The Morgan fingerprint density at radius 1 is 0.865 bits per heavy atom. The van der Waals surface area contributed by atoms with Crippen molar-refractivity contribution in [1.82, 2.24) is 9.62 Å². The molecule has 0 radical (unpaired) electrons. The van der Waals surface area contributed by atoms with Gasteiger partial charge in [0.25, 0.3) is 5.91 Å². The van der Waals surface area contributed by atoms with Gasteiger partial charge >= 0.3 is 0 Å². The van der Waals surface area contributed by atoms with Crippen molar-refractivity contribution in [2.24, 2.45) is 5.92 Å². The van der Waals surface area contributed by atoms with Crippen LogP contribution in [0.5, 0.6) is 0 Å². The summed E-state index contributed by atoms with van der Waals surface area (Å²) in [6.45, 7) is 0.919. The molecular weight excluding hydrogens is 493 g/mol. The van der Waals surface area contributed by atoms with Crippen LogP contribution in [-0.2, 0) is 27.0 Å². The van der Waals surface area contributed by atoms with E-state index < -0.39 is 15.8 Å². The monoisotopic (exact) mass is 523 g/mol. The van der Waals surface area contributed by atoms with E-state index in [0.717, 1.165) is 5.56 Å². The predicted octanol–water partition coefficient (Wildman–Crippen LogP) is 3.98. The van der Waals surface area contributed by atoms with Gasteiger partial charge < -0.3 is 10.6 Å². The highest BCUT2D eigenvalue weighted by atomic mass is 32.2. The predicted molar refractivity (Wildman–Crippen MR) is 141 cm³/mol. The third-order valence-electron chi connectivity index (χ3n) is 6.45. The van der Waals surface area contributed by atoms with Gasteiger partial charge in [-0.25, -0.2) is 17.1 Å². The molecule has 1 aliphatic heterocycles. The summed E-state index contributed by atoms with van der Waals surface area (Å²) < 4.78 is 40.1. The van der Waals surface area contributed by atoms with Crippen LogP contribution in [0, 0.1) is 11.7 Å². The fraction of sp³-hybridized carbons (Fsp3) is 0.286. The minimum absolute atomic E-state index is 0.211. The molecule has 3 aromatic rings. The van der Waals surface area contributed by atoms with E-state index in [-0.39, 0.29) is 36.6 Å². The van der Waals surface area contributed by atoms with Crippen molar-refractivity contribution in [3.63, 3.8) is 0 Å². The molecule has 7 nitrogen and oxygen atoms in total. The number of para-hydroxylation sites is 1. The fourth-order valence-corrected chi connectivity index (χ4v) is 5.93. The minimum Gasteiger partial charge on any atom is -0.352 e. The first-order chi connectivity index (χ1) is 17.8. The number of carbonyl (C=O) groups is 2. The normalized spacial score (nSPS) is 14.7. The number of hydrogen-bond acceptors (Lipinski definition) is 4. The van der Waals surface area contributed by atoms with Crippen molar-refractivity contribution in [3.05, 3.63) is 101 Å². The average Bonchev–Trinajstić information content (AvgIpc) is 2.91. The van der Waals surface area contributed by atoms with Crippen molar-refractivity contribution < 1.29 is 22.4 Å². The first kappa shape index (κ1) is 26.5. The molecule has 2 amide bonds. The third kappa shape index (κ3) is 7.24. The lowest BCUT2D eigenvalue weighted by Crippen LogP contribution is -2.42. The van der Waals surface area contributed by atoms with E-state index in [1.165, 1.54) is 28.6 Å². The van der Waals surface area contributed by atoms with Gasteiger partial charge in [-0.3, -0.25) is 9.59 Å². The van der Waals surface area contributed by atoms with Crippen LogP contribution in [0.3, 0.4) is 0 Å². The number of benzene rings is 3. The van der Waals surface area contributed by atoms with Crippen molar-refractivity contribution in [2.75, 3.05) is 25.0 Å². The smallest absolute Gasteiger partial charge is 0.253 e. The zero-order chi connectivity index (χ0) is 26.3. The van der Waals surface area contributed by atoms with E-state index in [1.54, 1.807) is 24.3 Å². The molecule has 1 aliphatic rings. The van der Waals surface area contributed by atoms with Crippen LogP contribution < -0.4 is 10.6 Å². The molecule has 1 fully saturated rings. The van der Waals surface area contributed by atoms with Crippen molar-refractivity contribution >= 4 is 27.5 Å². The Morgan fingerprint density at radius 3 is 2.22 bits per heavy atom. The summed E-state index contributed by atoms with van der Waals surface area (Å²) in [6.07, 6.45) is 1.45. The Balaban J connectivity index is 1.30. The van der Waals surface area contributed by atoms with Crippen molar-refractivity contribution in [3.8, 4) is 0 Å². The Morgan fingerprint density at radius 2 is 1.51 bits per heavy atom. The number of nitrogens with one attached hydrogen (secondary N) is 2. The van der Waals surface area contributed by atoms with Gasteiger partial charge in [-0.05, 0) is 54.7 Å². The van der Waals surface area contributed by atoms with Gasteiger partial charge in [0.2, 0.25) is 15.9 Å². The Hall–Kier alpha value is -3.56. The van der Waals surface area contributed by atoms with Crippen LogP contribution >= 0.6 is 0 Å². The number of halogens is 1. The second kappa shape index (κ2) is 12.1. The minimum atomic E-state index is -3.58. The lowest BCUT2D eigenvalue weighted by Gasteiger charge is -2.30. The van der Waals surface area contributed by atoms with E-state index in [1.807, 2.05) is 30.3 Å². The average molecular weight is 524 g/mol. The highest BCUT2D eigenvalue weighted by Crippen LogP contribution is 2.24. The van der Waals surface area contributed by atoms with Crippen molar-refractivity contribution in [2.45, 2.75) is 25.0 Å². The Bertz CT molecular complexity index is 1320. The number of amides is 2. The lowest BCUT2D eigenvalue weighted by molar-refractivity contribution is -0.120. The highest BCUT2D eigenvalue weighted by molar-refractivity contribution is 7.88. The molecule has 0 saturated carbocycles. The van der Waals surface area contributed by atoms with E-state index in [9.17, 15) is 22.4 Å². The molecule has 1 heterocycles. The second-order valence-corrected chi connectivity index (χ2v) is 11.1. The maximum Gasteiger partial charge on any atom is 0.253 e. The largest absolute Gasteiger partial charge is 0.352 e. The van der Waals surface area contributed by atoms with Gasteiger partial charge in [-0.2, -0.15) is 0 Å². The van der Waals surface area contributed by atoms with Crippen molar-refractivity contribution in [1.29, 1.82) is 0 Å². The summed E-state index contributed by atoms with van der Waals surface area (Å²) in [4.78, 5) is 25.8. The first-order valence-corrected chi connectivity index (χ1v) is 13.9. The third-order valence-corrected chi connectivity index (χ3v) is 8.30. The van der Waals surface area contributed by atoms with Crippen LogP contribution in [0.25, 0.3) is 0 Å². The molecule has 0 atom stereocenters. The van der Waals surface area contributed by atoms with E-state index in [4.69, 9.17) is 0 Å². The number of hydrogen-bond donors (Lipinski definition) is 2. The molecule has 194 valence electrons. The van der Waals surface area contributed by atoms with Crippen LogP contribution in [0.2, 0.25) is 0 Å². The summed E-state index contributed by atoms with van der Waals surface area (Å²) in [5.74, 6) is -1.50. The zero-order valence-corrected chi connectivity index (χ0v) is 21.2. The van der Waals surface area contributed by atoms with E-state index in [0.29, 0.717) is 42.6 Å². The lowest BCUT2D eigenvalue weighted by atomic mass is 9.97. The molecule has 4 rings (SSSR count). The molecule has 0 unspecified atom stereocenters. The topological polar surface area (TPSA) is 95.6 Å². The number of nitrogens with zero attached hydrogens (tertiary/aromatic N) is 1. The summed E-state index contributed by atoms with van der Waals surface area (Å²) >= 11 is 0. The number of anilines is 1. The van der Waals surface area contributed by atoms with Gasteiger partial charge in [0, 0.05) is 25.6 Å². The molecule has 3 aromatic carbocycles. The quantitative estimate of drug-likeness (QED) is 0.444. The first-order valence-electron chi connectivity index (χ1n) is 12.3. The van der Waals surface area contributed by atoms with Crippen LogP contribution in [0.4, 0.5) is 10.1 Å². The number of carbonyl (C=O) groups excluding carboxylic acids is 2. The summed E-state index contributed by atoms with van der Waals surface area (Å²) in [6, 6.07) is 22.1. The fourth-order valence-electron chi connectivity index (χ4n) is 4.36.